The first-order chi connectivity index (χ1) is 7.18. The summed E-state index contributed by atoms with van der Waals surface area (Å²) >= 11 is 0. The normalized spacial score (nSPS) is 20.1. The van der Waals surface area contributed by atoms with E-state index in [0.29, 0.717) is 6.42 Å². The number of alkyl halides is 1. The zero-order valence-electron chi connectivity index (χ0n) is 9.01. The van der Waals surface area contributed by atoms with E-state index in [2.05, 4.69) is 0 Å². The predicted molar refractivity (Wildman–Crippen MR) is 61.5 cm³/mol. The second-order valence-electron chi connectivity index (χ2n) is 4.63. The van der Waals surface area contributed by atoms with E-state index in [1.165, 1.54) is 6.42 Å². The Bertz CT molecular complexity index is 312. The minimum atomic E-state index is -0.964. The molecular weight excluding hydrogens is 189 g/mol. The van der Waals surface area contributed by atoms with Gasteiger partial charge in [0.05, 0.1) is 0 Å². The highest BCUT2D eigenvalue weighted by Crippen LogP contribution is 2.34. The second-order valence-corrected chi connectivity index (χ2v) is 4.63. The monoisotopic (exact) mass is 207 g/mol. The Hall–Kier alpha value is -1.05. The number of hydrogen-bond acceptors (Lipinski definition) is 1. The highest BCUT2D eigenvalue weighted by atomic mass is 19.1. The summed E-state index contributed by atoms with van der Waals surface area (Å²) in [6.45, 7) is 0. The number of nitrogens with two attached hydrogens (primary N) is 1. The molecule has 0 unspecified atom stereocenters. The molecule has 1 aliphatic carbocycles. The Kier molecular flexibility index (Phi) is 2.94. The van der Waals surface area contributed by atoms with Crippen molar-refractivity contribution in [3.05, 3.63) is 29.8 Å². The van der Waals surface area contributed by atoms with E-state index in [0.717, 1.165) is 36.9 Å². The first-order valence-electron chi connectivity index (χ1n) is 5.71. The quantitative estimate of drug-likeness (QED) is 0.738. The van der Waals surface area contributed by atoms with Crippen molar-refractivity contribution in [2.45, 2.75) is 44.2 Å². The SMILES string of the molecule is Nc1ccc(CC2(F)CCCCC2)cc1. The van der Waals surface area contributed by atoms with Crippen molar-refractivity contribution in [3.63, 3.8) is 0 Å². The largest absolute Gasteiger partial charge is 0.399 e. The Balaban J connectivity index is 2.03. The molecule has 0 amide bonds. The summed E-state index contributed by atoms with van der Waals surface area (Å²) in [5.74, 6) is 0. The van der Waals surface area contributed by atoms with Gasteiger partial charge in [0.2, 0.25) is 0 Å². The van der Waals surface area contributed by atoms with Crippen molar-refractivity contribution in [1.82, 2.24) is 0 Å². The third-order valence-corrected chi connectivity index (χ3v) is 3.25. The summed E-state index contributed by atoms with van der Waals surface area (Å²) in [5.41, 5.74) is 6.44. The van der Waals surface area contributed by atoms with Crippen molar-refractivity contribution < 1.29 is 4.39 Å². The molecule has 0 aromatic heterocycles. The minimum Gasteiger partial charge on any atom is -0.399 e. The second kappa shape index (κ2) is 4.21. The van der Waals surface area contributed by atoms with Gasteiger partial charge in [-0.05, 0) is 30.5 Å². The van der Waals surface area contributed by atoms with Crippen LogP contribution in [0.25, 0.3) is 0 Å². The molecule has 0 aliphatic heterocycles. The summed E-state index contributed by atoms with van der Waals surface area (Å²) < 4.78 is 14.3. The third kappa shape index (κ3) is 2.71. The molecular formula is C13H18FN. The van der Waals surface area contributed by atoms with Crippen molar-refractivity contribution in [1.29, 1.82) is 0 Å². The fourth-order valence-electron chi connectivity index (χ4n) is 2.36. The topological polar surface area (TPSA) is 26.0 Å². The summed E-state index contributed by atoms with van der Waals surface area (Å²) in [6.07, 6.45) is 5.24. The Morgan fingerprint density at radius 3 is 2.27 bits per heavy atom. The van der Waals surface area contributed by atoms with Gasteiger partial charge < -0.3 is 5.73 Å². The number of hydrogen-bond donors (Lipinski definition) is 1. The summed E-state index contributed by atoms with van der Waals surface area (Å²) in [5, 5.41) is 0. The van der Waals surface area contributed by atoms with Crippen molar-refractivity contribution in [2.75, 3.05) is 5.73 Å². The molecule has 0 heterocycles. The van der Waals surface area contributed by atoms with E-state index in [1.54, 1.807) is 0 Å². The van der Waals surface area contributed by atoms with Crippen LogP contribution in [0.15, 0.2) is 24.3 Å². The van der Waals surface area contributed by atoms with Gasteiger partial charge in [-0.15, -0.1) is 0 Å². The van der Waals surface area contributed by atoms with E-state index in [4.69, 9.17) is 5.73 Å². The Morgan fingerprint density at radius 1 is 1.07 bits per heavy atom. The standard InChI is InChI=1S/C13H18FN/c14-13(8-2-1-3-9-13)10-11-4-6-12(15)7-5-11/h4-7H,1-3,8-10,15H2. The molecule has 0 spiro atoms. The van der Waals surface area contributed by atoms with Crippen LogP contribution in [-0.4, -0.2) is 5.67 Å². The van der Waals surface area contributed by atoms with Gasteiger partial charge in [-0.3, -0.25) is 0 Å². The van der Waals surface area contributed by atoms with Crippen LogP contribution < -0.4 is 5.73 Å². The number of benzene rings is 1. The highest BCUT2D eigenvalue weighted by Gasteiger charge is 2.31. The first-order valence-corrected chi connectivity index (χ1v) is 5.71. The van der Waals surface area contributed by atoms with Crippen molar-refractivity contribution >= 4 is 5.69 Å². The van der Waals surface area contributed by atoms with Gasteiger partial charge in [-0.1, -0.05) is 31.4 Å². The average molecular weight is 207 g/mol. The van der Waals surface area contributed by atoms with E-state index >= 15 is 0 Å². The van der Waals surface area contributed by atoms with Crippen molar-refractivity contribution in [2.24, 2.45) is 0 Å². The molecule has 1 aromatic rings. The molecule has 15 heavy (non-hydrogen) atoms. The van der Waals surface area contributed by atoms with Gasteiger partial charge in [0.15, 0.2) is 0 Å². The van der Waals surface area contributed by atoms with Crippen LogP contribution in [0, 0.1) is 0 Å². The minimum absolute atomic E-state index is 0.549. The van der Waals surface area contributed by atoms with Gasteiger partial charge in [0.25, 0.3) is 0 Å². The van der Waals surface area contributed by atoms with Gasteiger partial charge >= 0.3 is 0 Å². The maximum atomic E-state index is 14.3. The Morgan fingerprint density at radius 2 is 1.67 bits per heavy atom. The Labute approximate surface area is 90.5 Å². The summed E-state index contributed by atoms with van der Waals surface area (Å²) in [7, 11) is 0. The van der Waals surface area contributed by atoms with Crippen LogP contribution in [0.2, 0.25) is 0 Å². The van der Waals surface area contributed by atoms with Crippen LogP contribution in [0.1, 0.15) is 37.7 Å². The highest BCUT2D eigenvalue weighted by molar-refractivity contribution is 5.39. The van der Waals surface area contributed by atoms with Crippen LogP contribution in [0.3, 0.4) is 0 Å². The lowest BCUT2D eigenvalue weighted by Crippen LogP contribution is -2.28. The molecule has 0 atom stereocenters. The average Bonchev–Trinajstić information content (AvgIpc) is 2.22. The fraction of sp³-hybridized carbons (Fsp3) is 0.538. The molecule has 0 radical (unpaired) electrons. The molecule has 1 nitrogen and oxygen atoms in total. The number of rotatable bonds is 2. The molecule has 1 aliphatic rings. The first kappa shape index (κ1) is 10.5. The van der Waals surface area contributed by atoms with Crippen LogP contribution in [0.5, 0.6) is 0 Å². The van der Waals surface area contributed by atoms with E-state index < -0.39 is 5.67 Å². The molecule has 1 saturated carbocycles. The molecule has 2 N–H and O–H groups in total. The molecule has 0 bridgehead atoms. The van der Waals surface area contributed by atoms with Crippen molar-refractivity contribution in [3.8, 4) is 0 Å². The number of nitrogen functional groups attached to an aromatic ring is 1. The zero-order valence-corrected chi connectivity index (χ0v) is 9.01. The summed E-state index contributed by atoms with van der Waals surface area (Å²) in [6, 6.07) is 7.57. The van der Waals surface area contributed by atoms with E-state index in [1.807, 2.05) is 24.3 Å². The van der Waals surface area contributed by atoms with Gasteiger partial charge in [0.1, 0.15) is 5.67 Å². The molecule has 0 saturated heterocycles. The van der Waals surface area contributed by atoms with Gasteiger partial charge in [-0.2, -0.15) is 0 Å². The van der Waals surface area contributed by atoms with E-state index in [-0.39, 0.29) is 0 Å². The van der Waals surface area contributed by atoms with E-state index in [9.17, 15) is 4.39 Å². The third-order valence-electron chi connectivity index (χ3n) is 3.25. The maximum Gasteiger partial charge on any atom is 0.115 e. The van der Waals surface area contributed by atoms with Crippen LogP contribution >= 0.6 is 0 Å². The lowest BCUT2D eigenvalue weighted by molar-refractivity contribution is 0.107. The predicted octanol–water partition coefficient (Wildman–Crippen LogP) is 3.48. The molecule has 1 aromatic carbocycles. The summed E-state index contributed by atoms with van der Waals surface area (Å²) in [4.78, 5) is 0. The molecule has 82 valence electrons. The van der Waals surface area contributed by atoms with Gasteiger partial charge in [-0.25, -0.2) is 4.39 Å². The van der Waals surface area contributed by atoms with Gasteiger partial charge in [0, 0.05) is 12.1 Å². The lowest BCUT2D eigenvalue weighted by Gasteiger charge is -2.29. The zero-order chi connectivity index (χ0) is 10.7. The lowest BCUT2D eigenvalue weighted by atomic mass is 9.82. The number of halogens is 1. The molecule has 1 fully saturated rings. The molecule has 2 heteroatoms. The molecule has 2 rings (SSSR count). The maximum absolute atomic E-state index is 14.3. The smallest absolute Gasteiger partial charge is 0.115 e. The van der Waals surface area contributed by atoms with Crippen LogP contribution in [-0.2, 0) is 6.42 Å². The van der Waals surface area contributed by atoms with Crippen LogP contribution in [0.4, 0.5) is 10.1 Å². The number of anilines is 1. The fourth-order valence-corrected chi connectivity index (χ4v) is 2.36.